The number of nitrogen functional groups attached to an aromatic ring is 1. The van der Waals surface area contributed by atoms with Crippen LogP contribution in [0.25, 0.3) is 0 Å². The first-order valence-corrected chi connectivity index (χ1v) is 6.74. The van der Waals surface area contributed by atoms with Crippen molar-refractivity contribution in [1.82, 2.24) is 10.3 Å². The number of aryl methyl sites for hydroxylation is 1. The molecule has 1 aromatic carbocycles. The number of amides is 1. The number of nitrogens with two attached hydrogens (primary N) is 1. The Morgan fingerprint density at radius 2 is 2.26 bits per heavy atom. The van der Waals surface area contributed by atoms with Gasteiger partial charge >= 0.3 is 0 Å². The second-order valence-electron chi connectivity index (χ2n) is 4.12. The van der Waals surface area contributed by atoms with Crippen LogP contribution in [0.2, 0.25) is 0 Å². The first-order valence-electron chi connectivity index (χ1n) is 5.86. The summed E-state index contributed by atoms with van der Waals surface area (Å²) >= 11 is 1.59. The molecule has 5 nitrogen and oxygen atoms in total. The van der Waals surface area contributed by atoms with Crippen molar-refractivity contribution in [2.45, 2.75) is 13.5 Å². The first-order chi connectivity index (χ1) is 9.10. The van der Waals surface area contributed by atoms with E-state index in [1.807, 2.05) is 12.3 Å². The maximum absolute atomic E-state index is 11.8. The highest BCUT2D eigenvalue weighted by atomic mass is 32.1. The number of benzene rings is 1. The Morgan fingerprint density at radius 3 is 2.89 bits per heavy atom. The smallest absolute Gasteiger partial charge is 0.253 e. The SMILES string of the molecule is CNC(=O)c1ccc(N)cc1NCc1nc(C)cs1. The number of nitrogens with zero attached hydrogens (tertiary/aromatic N) is 1. The second kappa shape index (κ2) is 5.71. The standard InChI is InChI=1S/C13H16N4OS/c1-8-7-19-12(17-8)6-16-11-5-9(14)3-4-10(11)13(18)15-2/h3-5,7,16H,6,14H2,1-2H3,(H,15,18). The van der Waals surface area contributed by atoms with Gasteiger partial charge in [-0.1, -0.05) is 0 Å². The van der Waals surface area contributed by atoms with Crippen LogP contribution in [-0.4, -0.2) is 17.9 Å². The molecule has 0 atom stereocenters. The van der Waals surface area contributed by atoms with Gasteiger partial charge in [0.1, 0.15) is 5.01 Å². The minimum absolute atomic E-state index is 0.141. The molecular formula is C13H16N4OS. The summed E-state index contributed by atoms with van der Waals surface area (Å²) in [6.07, 6.45) is 0. The Kier molecular flexibility index (Phi) is 4.01. The lowest BCUT2D eigenvalue weighted by Crippen LogP contribution is -2.19. The van der Waals surface area contributed by atoms with E-state index in [0.717, 1.165) is 10.7 Å². The third-order valence-electron chi connectivity index (χ3n) is 2.61. The van der Waals surface area contributed by atoms with E-state index in [9.17, 15) is 4.79 Å². The predicted molar refractivity (Wildman–Crippen MR) is 78.4 cm³/mol. The number of carbonyl (C=O) groups is 1. The highest BCUT2D eigenvalue weighted by molar-refractivity contribution is 7.09. The molecule has 0 aliphatic rings. The van der Waals surface area contributed by atoms with Crippen LogP contribution in [0.5, 0.6) is 0 Å². The molecule has 2 aromatic rings. The molecule has 0 radical (unpaired) electrons. The average Bonchev–Trinajstić information content (AvgIpc) is 2.81. The van der Waals surface area contributed by atoms with Crippen molar-refractivity contribution in [1.29, 1.82) is 0 Å². The van der Waals surface area contributed by atoms with Crippen LogP contribution >= 0.6 is 11.3 Å². The van der Waals surface area contributed by atoms with Gasteiger partial charge in [0.15, 0.2) is 0 Å². The predicted octanol–water partition coefficient (Wildman–Crippen LogP) is 2.01. The molecule has 4 N–H and O–H groups in total. The van der Waals surface area contributed by atoms with Gasteiger partial charge in [-0.2, -0.15) is 0 Å². The molecule has 6 heteroatoms. The number of rotatable bonds is 4. The summed E-state index contributed by atoms with van der Waals surface area (Å²) in [5.41, 5.74) is 8.66. The molecule has 0 saturated carbocycles. The van der Waals surface area contributed by atoms with Gasteiger partial charge in [0.05, 0.1) is 12.1 Å². The third kappa shape index (κ3) is 3.23. The molecule has 0 bridgehead atoms. The summed E-state index contributed by atoms with van der Waals surface area (Å²) in [6, 6.07) is 5.18. The molecular weight excluding hydrogens is 260 g/mol. The average molecular weight is 276 g/mol. The molecule has 2 rings (SSSR count). The minimum Gasteiger partial charge on any atom is -0.399 e. The van der Waals surface area contributed by atoms with Crippen LogP contribution in [0.3, 0.4) is 0 Å². The Hall–Kier alpha value is -2.08. The Bertz CT molecular complexity index is 594. The van der Waals surface area contributed by atoms with E-state index in [1.165, 1.54) is 0 Å². The summed E-state index contributed by atoms with van der Waals surface area (Å²) in [5, 5.41) is 8.79. The number of anilines is 2. The van der Waals surface area contributed by atoms with Gasteiger partial charge in [0.25, 0.3) is 5.91 Å². The molecule has 1 amide bonds. The maximum atomic E-state index is 11.8. The van der Waals surface area contributed by atoms with E-state index in [2.05, 4.69) is 15.6 Å². The highest BCUT2D eigenvalue weighted by Crippen LogP contribution is 2.20. The summed E-state index contributed by atoms with van der Waals surface area (Å²) in [4.78, 5) is 16.1. The molecule has 0 aliphatic heterocycles. The van der Waals surface area contributed by atoms with Gasteiger partial charge in [-0.05, 0) is 25.1 Å². The van der Waals surface area contributed by atoms with Crippen LogP contribution < -0.4 is 16.4 Å². The van der Waals surface area contributed by atoms with Gasteiger partial charge in [0, 0.05) is 29.5 Å². The minimum atomic E-state index is -0.141. The molecule has 1 heterocycles. The van der Waals surface area contributed by atoms with E-state index >= 15 is 0 Å². The maximum Gasteiger partial charge on any atom is 0.253 e. The van der Waals surface area contributed by atoms with Gasteiger partial charge in [0.2, 0.25) is 0 Å². The molecule has 0 aliphatic carbocycles. The van der Waals surface area contributed by atoms with Gasteiger partial charge < -0.3 is 16.4 Å². The fourth-order valence-corrected chi connectivity index (χ4v) is 2.41. The lowest BCUT2D eigenvalue weighted by atomic mass is 10.1. The fraction of sp³-hybridized carbons (Fsp3) is 0.231. The van der Waals surface area contributed by atoms with Crippen LogP contribution in [0.15, 0.2) is 23.6 Å². The second-order valence-corrected chi connectivity index (χ2v) is 5.06. The van der Waals surface area contributed by atoms with E-state index in [4.69, 9.17) is 5.73 Å². The monoisotopic (exact) mass is 276 g/mol. The van der Waals surface area contributed by atoms with Gasteiger partial charge in [-0.15, -0.1) is 11.3 Å². The Balaban J connectivity index is 2.18. The topological polar surface area (TPSA) is 80.0 Å². The molecule has 0 unspecified atom stereocenters. The number of hydrogen-bond donors (Lipinski definition) is 3. The van der Waals surface area contributed by atoms with Crippen molar-refractivity contribution in [2.24, 2.45) is 0 Å². The number of nitrogens with one attached hydrogen (secondary N) is 2. The van der Waals surface area contributed by atoms with E-state index < -0.39 is 0 Å². The fourth-order valence-electron chi connectivity index (χ4n) is 1.70. The van der Waals surface area contributed by atoms with Crippen LogP contribution in [0.1, 0.15) is 21.1 Å². The molecule has 0 spiro atoms. The summed E-state index contributed by atoms with van der Waals surface area (Å²) in [6.45, 7) is 2.53. The zero-order valence-corrected chi connectivity index (χ0v) is 11.7. The first kappa shape index (κ1) is 13.4. The molecule has 100 valence electrons. The molecule has 19 heavy (non-hydrogen) atoms. The molecule has 0 saturated heterocycles. The zero-order chi connectivity index (χ0) is 13.8. The van der Waals surface area contributed by atoms with Crippen molar-refractivity contribution >= 4 is 28.6 Å². The molecule has 0 fully saturated rings. The largest absolute Gasteiger partial charge is 0.399 e. The number of hydrogen-bond acceptors (Lipinski definition) is 5. The van der Waals surface area contributed by atoms with Crippen molar-refractivity contribution in [2.75, 3.05) is 18.1 Å². The van der Waals surface area contributed by atoms with Crippen LogP contribution in [0, 0.1) is 6.92 Å². The van der Waals surface area contributed by atoms with E-state index in [-0.39, 0.29) is 5.91 Å². The van der Waals surface area contributed by atoms with E-state index in [0.29, 0.717) is 23.5 Å². The van der Waals surface area contributed by atoms with Crippen molar-refractivity contribution < 1.29 is 4.79 Å². The third-order valence-corrected chi connectivity index (χ3v) is 3.58. The Morgan fingerprint density at radius 1 is 1.47 bits per heavy atom. The summed E-state index contributed by atoms with van der Waals surface area (Å²) < 4.78 is 0. The van der Waals surface area contributed by atoms with Crippen LogP contribution in [-0.2, 0) is 6.54 Å². The van der Waals surface area contributed by atoms with Gasteiger partial charge in [-0.25, -0.2) is 4.98 Å². The lowest BCUT2D eigenvalue weighted by Gasteiger charge is -2.11. The van der Waals surface area contributed by atoms with Gasteiger partial charge in [-0.3, -0.25) is 4.79 Å². The molecule has 1 aromatic heterocycles. The van der Waals surface area contributed by atoms with Crippen molar-refractivity contribution in [3.63, 3.8) is 0 Å². The Labute approximate surface area is 115 Å². The quantitative estimate of drug-likeness (QED) is 0.746. The summed E-state index contributed by atoms with van der Waals surface area (Å²) in [5.74, 6) is -0.141. The van der Waals surface area contributed by atoms with Crippen LogP contribution in [0.4, 0.5) is 11.4 Å². The van der Waals surface area contributed by atoms with Crippen molar-refractivity contribution in [3.05, 3.63) is 39.8 Å². The zero-order valence-electron chi connectivity index (χ0n) is 10.9. The number of carbonyl (C=O) groups excluding carboxylic acids is 1. The normalized spacial score (nSPS) is 10.2. The number of aromatic nitrogens is 1. The summed E-state index contributed by atoms with van der Waals surface area (Å²) in [7, 11) is 1.60. The highest BCUT2D eigenvalue weighted by Gasteiger charge is 2.10. The van der Waals surface area contributed by atoms with Crippen molar-refractivity contribution in [3.8, 4) is 0 Å². The lowest BCUT2D eigenvalue weighted by molar-refractivity contribution is 0.0964. The number of thiazole rings is 1. The van der Waals surface area contributed by atoms with E-state index in [1.54, 1.807) is 36.6 Å².